The van der Waals surface area contributed by atoms with E-state index >= 15 is 0 Å². The van der Waals surface area contributed by atoms with E-state index in [1.807, 2.05) is 0 Å². The van der Waals surface area contributed by atoms with E-state index in [4.69, 9.17) is 4.74 Å². The van der Waals surface area contributed by atoms with Crippen LogP contribution in [-0.2, 0) is 0 Å². The van der Waals surface area contributed by atoms with Gasteiger partial charge in [-0.3, -0.25) is 0 Å². The molecule has 1 atom stereocenters. The smallest absolute Gasteiger partial charge is 0.119 e. The molecule has 108 valence electrons. The van der Waals surface area contributed by atoms with Gasteiger partial charge in [0.25, 0.3) is 0 Å². The number of rotatable bonds is 7. The molecule has 0 fully saturated rings. The van der Waals surface area contributed by atoms with E-state index in [1.54, 1.807) is 0 Å². The third kappa shape index (κ3) is 5.65. The number of benzene rings is 1. The van der Waals surface area contributed by atoms with E-state index in [-0.39, 0.29) is 11.6 Å². The second kappa shape index (κ2) is 6.95. The Hall–Kier alpha value is -1.02. The Labute approximate surface area is 118 Å². The quantitative estimate of drug-likeness (QED) is 0.789. The van der Waals surface area contributed by atoms with Crippen LogP contribution in [0.3, 0.4) is 0 Å². The Bertz CT molecular complexity index is 367. The first-order chi connectivity index (χ1) is 8.84. The lowest BCUT2D eigenvalue weighted by Crippen LogP contribution is -2.43. The molecule has 0 saturated heterocycles. The lowest BCUT2D eigenvalue weighted by molar-refractivity contribution is 0.199. The standard InChI is InChI=1S/C17H29NO/c1-7-17(5,6)18-12-14(4)19-16-10-8-15(9-11-16)13(2)3/h8-11,13-14,18H,7,12H2,1-6H3. The number of ether oxygens (including phenoxy) is 1. The summed E-state index contributed by atoms with van der Waals surface area (Å²) >= 11 is 0. The maximum atomic E-state index is 5.93. The van der Waals surface area contributed by atoms with Gasteiger partial charge < -0.3 is 10.1 Å². The molecular weight excluding hydrogens is 234 g/mol. The normalized spacial score (nSPS) is 13.6. The van der Waals surface area contributed by atoms with Crippen LogP contribution in [0.25, 0.3) is 0 Å². The van der Waals surface area contributed by atoms with E-state index in [0.717, 1.165) is 18.7 Å². The second-order valence-electron chi connectivity index (χ2n) is 6.27. The molecule has 0 bridgehead atoms. The SMILES string of the molecule is CCC(C)(C)NCC(C)Oc1ccc(C(C)C)cc1. The molecule has 1 aromatic carbocycles. The highest BCUT2D eigenvalue weighted by atomic mass is 16.5. The zero-order valence-corrected chi connectivity index (χ0v) is 13.3. The van der Waals surface area contributed by atoms with E-state index in [9.17, 15) is 0 Å². The molecule has 2 nitrogen and oxygen atoms in total. The van der Waals surface area contributed by atoms with Crippen LogP contribution >= 0.6 is 0 Å². The van der Waals surface area contributed by atoms with Gasteiger partial charge in [-0.15, -0.1) is 0 Å². The van der Waals surface area contributed by atoms with Crippen LogP contribution < -0.4 is 10.1 Å². The van der Waals surface area contributed by atoms with Crippen molar-refractivity contribution in [2.24, 2.45) is 0 Å². The van der Waals surface area contributed by atoms with Crippen LogP contribution in [0.1, 0.15) is 59.4 Å². The first kappa shape index (κ1) is 16.0. The predicted octanol–water partition coefficient (Wildman–Crippen LogP) is 4.36. The van der Waals surface area contributed by atoms with Crippen molar-refractivity contribution in [3.8, 4) is 5.75 Å². The summed E-state index contributed by atoms with van der Waals surface area (Å²) in [7, 11) is 0. The zero-order valence-electron chi connectivity index (χ0n) is 13.3. The maximum Gasteiger partial charge on any atom is 0.119 e. The third-order valence-corrected chi connectivity index (χ3v) is 3.64. The summed E-state index contributed by atoms with van der Waals surface area (Å²) in [5, 5.41) is 3.53. The molecule has 0 aliphatic rings. The van der Waals surface area contributed by atoms with Crippen molar-refractivity contribution in [1.82, 2.24) is 5.32 Å². The van der Waals surface area contributed by atoms with Gasteiger partial charge in [0.05, 0.1) is 0 Å². The van der Waals surface area contributed by atoms with Gasteiger partial charge in [-0.1, -0.05) is 32.9 Å². The fraction of sp³-hybridized carbons (Fsp3) is 0.647. The predicted molar refractivity (Wildman–Crippen MR) is 83.0 cm³/mol. The van der Waals surface area contributed by atoms with Gasteiger partial charge in [0.1, 0.15) is 11.9 Å². The Morgan fingerprint density at radius 2 is 1.68 bits per heavy atom. The van der Waals surface area contributed by atoms with E-state index < -0.39 is 0 Å². The van der Waals surface area contributed by atoms with Gasteiger partial charge in [-0.25, -0.2) is 0 Å². The maximum absolute atomic E-state index is 5.93. The van der Waals surface area contributed by atoms with E-state index in [0.29, 0.717) is 5.92 Å². The van der Waals surface area contributed by atoms with Crippen molar-refractivity contribution < 1.29 is 4.74 Å². The first-order valence-corrected chi connectivity index (χ1v) is 7.35. The second-order valence-corrected chi connectivity index (χ2v) is 6.27. The minimum atomic E-state index is 0.177. The topological polar surface area (TPSA) is 21.3 Å². The van der Waals surface area contributed by atoms with Crippen molar-refractivity contribution >= 4 is 0 Å². The van der Waals surface area contributed by atoms with E-state index in [2.05, 4.69) is 71.1 Å². The van der Waals surface area contributed by atoms with Crippen molar-refractivity contribution in [1.29, 1.82) is 0 Å². The lowest BCUT2D eigenvalue weighted by Gasteiger charge is -2.27. The van der Waals surface area contributed by atoms with Gasteiger partial charge in [-0.05, 0) is 50.8 Å². The number of nitrogens with one attached hydrogen (secondary N) is 1. The van der Waals surface area contributed by atoms with Gasteiger partial charge in [0, 0.05) is 12.1 Å². The molecule has 2 heteroatoms. The van der Waals surface area contributed by atoms with Crippen LogP contribution in [0, 0.1) is 0 Å². The highest BCUT2D eigenvalue weighted by molar-refractivity contribution is 5.29. The lowest BCUT2D eigenvalue weighted by atomic mass is 10.0. The van der Waals surface area contributed by atoms with Crippen LogP contribution in [0.15, 0.2) is 24.3 Å². The van der Waals surface area contributed by atoms with Gasteiger partial charge in [-0.2, -0.15) is 0 Å². The molecule has 1 rings (SSSR count). The van der Waals surface area contributed by atoms with Gasteiger partial charge >= 0.3 is 0 Å². The Morgan fingerprint density at radius 1 is 1.11 bits per heavy atom. The summed E-state index contributed by atoms with van der Waals surface area (Å²) in [5.74, 6) is 1.52. The molecule has 0 spiro atoms. The van der Waals surface area contributed by atoms with Crippen LogP contribution in [0.4, 0.5) is 0 Å². The Balaban J connectivity index is 2.46. The molecule has 0 amide bonds. The molecular formula is C17H29NO. The fourth-order valence-electron chi connectivity index (χ4n) is 1.75. The summed E-state index contributed by atoms with van der Waals surface area (Å²) < 4.78 is 5.93. The molecule has 0 aromatic heterocycles. The third-order valence-electron chi connectivity index (χ3n) is 3.64. The summed E-state index contributed by atoms with van der Waals surface area (Å²) in [6, 6.07) is 8.43. The average molecular weight is 263 g/mol. The van der Waals surface area contributed by atoms with Crippen molar-refractivity contribution in [3.63, 3.8) is 0 Å². The molecule has 0 aliphatic heterocycles. The Kier molecular flexibility index (Phi) is 5.86. The zero-order chi connectivity index (χ0) is 14.5. The molecule has 1 aromatic rings. The number of hydrogen-bond acceptors (Lipinski definition) is 2. The highest BCUT2D eigenvalue weighted by Crippen LogP contribution is 2.19. The van der Waals surface area contributed by atoms with Crippen molar-refractivity contribution in [2.45, 2.75) is 65.5 Å². The minimum Gasteiger partial charge on any atom is -0.489 e. The van der Waals surface area contributed by atoms with Crippen LogP contribution in [-0.4, -0.2) is 18.2 Å². The first-order valence-electron chi connectivity index (χ1n) is 7.35. The molecule has 1 N–H and O–H groups in total. The molecule has 0 aliphatic carbocycles. The summed E-state index contributed by atoms with van der Waals surface area (Å²) in [5.41, 5.74) is 1.53. The van der Waals surface area contributed by atoms with Crippen LogP contribution in [0.5, 0.6) is 5.75 Å². The molecule has 0 radical (unpaired) electrons. The average Bonchev–Trinajstić information content (AvgIpc) is 2.37. The Morgan fingerprint density at radius 3 is 2.16 bits per heavy atom. The fourth-order valence-corrected chi connectivity index (χ4v) is 1.75. The molecule has 19 heavy (non-hydrogen) atoms. The van der Waals surface area contributed by atoms with Crippen molar-refractivity contribution in [3.05, 3.63) is 29.8 Å². The summed E-state index contributed by atoms with van der Waals surface area (Å²) in [4.78, 5) is 0. The minimum absolute atomic E-state index is 0.177. The van der Waals surface area contributed by atoms with Crippen molar-refractivity contribution in [2.75, 3.05) is 6.54 Å². The summed E-state index contributed by atoms with van der Waals surface area (Å²) in [6.45, 7) is 14.0. The van der Waals surface area contributed by atoms with Gasteiger partial charge in [0.2, 0.25) is 0 Å². The molecule has 0 saturated carbocycles. The summed E-state index contributed by atoms with van der Waals surface area (Å²) in [6.07, 6.45) is 1.29. The van der Waals surface area contributed by atoms with Gasteiger partial charge in [0.15, 0.2) is 0 Å². The monoisotopic (exact) mass is 263 g/mol. The largest absolute Gasteiger partial charge is 0.489 e. The number of hydrogen-bond donors (Lipinski definition) is 1. The van der Waals surface area contributed by atoms with Crippen LogP contribution in [0.2, 0.25) is 0 Å². The molecule has 0 heterocycles. The van der Waals surface area contributed by atoms with E-state index in [1.165, 1.54) is 5.56 Å². The highest BCUT2D eigenvalue weighted by Gasteiger charge is 2.15. The molecule has 1 unspecified atom stereocenters.